The molecule has 0 unspecified atom stereocenters. The van der Waals surface area contributed by atoms with E-state index in [0.717, 1.165) is 0 Å². The number of carboxylic acids is 1. The number of hydrogen-bond acceptors (Lipinski definition) is 2. The predicted molar refractivity (Wildman–Crippen MR) is 49.7 cm³/mol. The maximum absolute atomic E-state index is 12.2. The normalized spacial score (nSPS) is 11.1. The van der Waals surface area contributed by atoms with Crippen LogP contribution in [0.3, 0.4) is 0 Å². The second-order valence-electron chi connectivity index (χ2n) is 2.56. The van der Waals surface area contributed by atoms with Gasteiger partial charge in [0.05, 0.1) is 12.7 Å². The Kier molecular flexibility index (Phi) is 3.23. The smallest absolute Gasteiger partial charge is 0.338 e. The van der Waals surface area contributed by atoms with Gasteiger partial charge < -0.3 is 9.84 Å². The third kappa shape index (κ3) is 2.10. The van der Waals surface area contributed by atoms with Gasteiger partial charge in [0.25, 0.3) is 0 Å². The van der Waals surface area contributed by atoms with Gasteiger partial charge in [0.1, 0.15) is 12.1 Å². The fraction of sp³-hybridized carbons (Fsp3) is 0.100. The van der Waals surface area contributed by atoms with Gasteiger partial charge in [-0.25, -0.2) is 9.18 Å². The fourth-order valence-electron chi connectivity index (χ4n) is 1.02. The van der Waals surface area contributed by atoms with E-state index in [2.05, 4.69) is 0 Å². The number of hydrogen-bond donors (Lipinski definition) is 1. The summed E-state index contributed by atoms with van der Waals surface area (Å²) in [4.78, 5) is 10.6. The van der Waals surface area contributed by atoms with Crippen molar-refractivity contribution in [3.63, 3.8) is 0 Å². The number of halogens is 1. The molecule has 0 radical (unpaired) electrons. The average molecular weight is 196 g/mol. The Morgan fingerprint density at radius 1 is 1.57 bits per heavy atom. The second kappa shape index (κ2) is 4.41. The summed E-state index contributed by atoms with van der Waals surface area (Å²) in [5, 5.41) is 8.64. The van der Waals surface area contributed by atoms with Gasteiger partial charge in [-0.15, -0.1) is 0 Å². The minimum Gasteiger partial charge on any atom is -0.497 e. The summed E-state index contributed by atoms with van der Waals surface area (Å²) in [5.41, 5.74) is -0.108. The lowest BCUT2D eigenvalue weighted by Crippen LogP contribution is -1.99. The van der Waals surface area contributed by atoms with Crippen LogP contribution >= 0.6 is 0 Å². The van der Waals surface area contributed by atoms with Crippen molar-refractivity contribution in [1.82, 2.24) is 0 Å². The number of carbonyl (C=O) groups is 1. The molecule has 14 heavy (non-hydrogen) atoms. The van der Waals surface area contributed by atoms with E-state index in [9.17, 15) is 9.18 Å². The van der Waals surface area contributed by atoms with Crippen molar-refractivity contribution in [3.05, 3.63) is 36.2 Å². The minimum atomic E-state index is -1.30. The van der Waals surface area contributed by atoms with Crippen LogP contribution in [0.25, 0.3) is 5.57 Å². The van der Waals surface area contributed by atoms with E-state index in [1.807, 2.05) is 0 Å². The lowest BCUT2D eigenvalue weighted by Gasteiger charge is -2.03. The molecule has 0 aromatic heterocycles. The molecule has 1 rings (SSSR count). The largest absolute Gasteiger partial charge is 0.497 e. The Labute approximate surface area is 80.4 Å². The van der Waals surface area contributed by atoms with Gasteiger partial charge in [-0.05, 0) is 17.7 Å². The molecule has 1 aromatic carbocycles. The molecule has 3 nitrogen and oxygen atoms in total. The number of benzene rings is 1. The summed E-state index contributed by atoms with van der Waals surface area (Å²) in [5.74, 6) is -0.816. The van der Waals surface area contributed by atoms with Crippen LogP contribution in [0, 0.1) is 0 Å². The second-order valence-corrected chi connectivity index (χ2v) is 2.56. The first-order valence-electron chi connectivity index (χ1n) is 3.87. The predicted octanol–water partition coefficient (Wildman–Crippen LogP) is 2.09. The van der Waals surface area contributed by atoms with Gasteiger partial charge in [-0.1, -0.05) is 12.1 Å². The summed E-state index contributed by atoms with van der Waals surface area (Å²) in [7, 11) is 1.46. The molecule has 0 bridgehead atoms. The van der Waals surface area contributed by atoms with Gasteiger partial charge in [0.15, 0.2) is 0 Å². The standard InChI is InChI=1S/C10H9FO3/c1-14-8-4-2-3-7(5-8)9(6-11)10(12)13/h2-6H,1H3,(H,12,13)/b9-6+. The van der Waals surface area contributed by atoms with Gasteiger partial charge in [-0.2, -0.15) is 0 Å². The van der Waals surface area contributed by atoms with Crippen LogP contribution in [0.1, 0.15) is 5.56 Å². The van der Waals surface area contributed by atoms with Crippen molar-refractivity contribution < 1.29 is 19.0 Å². The van der Waals surface area contributed by atoms with E-state index in [0.29, 0.717) is 5.75 Å². The van der Waals surface area contributed by atoms with Crippen molar-refractivity contribution >= 4 is 11.5 Å². The van der Waals surface area contributed by atoms with E-state index >= 15 is 0 Å². The summed E-state index contributed by atoms with van der Waals surface area (Å²) >= 11 is 0. The zero-order chi connectivity index (χ0) is 10.6. The van der Waals surface area contributed by atoms with E-state index in [1.165, 1.54) is 19.2 Å². The number of rotatable bonds is 3. The first kappa shape index (κ1) is 10.2. The number of methoxy groups -OCH3 is 1. The van der Waals surface area contributed by atoms with Gasteiger partial charge in [0.2, 0.25) is 0 Å². The monoisotopic (exact) mass is 196 g/mol. The Morgan fingerprint density at radius 3 is 2.79 bits per heavy atom. The Hall–Kier alpha value is -1.84. The van der Waals surface area contributed by atoms with Crippen LogP contribution < -0.4 is 4.74 Å². The SMILES string of the molecule is COc1cccc(/C(=C\F)C(=O)O)c1. The van der Waals surface area contributed by atoms with Crippen LogP contribution in [0.5, 0.6) is 5.75 Å². The number of ether oxygens (including phenoxy) is 1. The minimum absolute atomic E-state index is 0.0666. The Morgan fingerprint density at radius 2 is 2.29 bits per heavy atom. The number of aliphatic carboxylic acids is 1. The molecule has 0 saturated heterocycles. The first-order chi connectivity index (χ1) is 6.69. The molecule has 0 spiro atoms. The summed E-state index contributed by atoms with van der Waals surface area (Å²) in [6, 6.07) is 6.21. The van der Waals surface area contributed by atoms with Crippen LogP contribution in [-0.4, -0.2) is 18.2 Å². The molecule has 0 saturated carbocycles. The zero-order valence-corrected chi connectivity index (χ0v) is 7.53. The van der Waals surface area contributed by atoms with Gasteiger partial charge in [-0.3, -0.25) is 0 Å². The maximum atomic E-state index is 12.2. The highest BCUT2D eigenvalue weighted by atomic mass is 19.1. The fourth-order valence-corrected chi connectivity index (χ4v) is 1.02. The molecule has 1 N–H and O–H groups in total. The van der Waals surface area contributed by atoms with E-state index in [4.69, 9.17) is 9.84 Å². The quantitative estimate of drug-likeness (QED) is 0.753. The molecule has 0 aliphatic heterocycles. The van der Waals surface area contributed by atoms with Crippen LogP contribution in [-0.2, 0) is 4.79 Å². The van der Waals surface area contributed by atoms with Crippen molar-refractivity contribution in [2.45, 2.75) is 0 Å². The van der Waals surface area contributed by atoms with Gasteiger partial charge >= 0.3 is 5.97 Å². The highest BCUT2D eigenvalue weighted by Crippen LogP contribution is 2.20. The lowest BCUT2D eigenvalue weighted by atomic mass is 10.1. The van der Waals surface area contributed by atoms with Crippen molar-refractivity contribution in [1.29, 1.82) is 0 Å². The molecule has 0 amide bonds. The molecule has 0 aliphatic carbocycles. The van der Waals surface area contributed by atoms with Crippen molar-refractivity contribution in [2.24, 2.45) is 0 Å². The Balaban J connectivity index is 3.11. The first-order valence-corrected chi connectivity index (χ1v) is 3.87. The zero-order valence-electron chi connectivity index (χ0n) is 7.53. The summed E-state index contributed by atoms with van der Waals surface area (Å²) < 4.78 is 17.1. The Bertz CT molecular complexity index is 371. The maximum Gasteiger partial charge on any atom is 0.338 e. The van der Waals surface area contributed by atoms with Crippen LogP contribution in [0.15, 0.2) is 30.6 Å². The highest BCUT2D eigenvalue weighted by Gasteiger charge is 2.10. The van der Waals surface area contributed by atoms with Crippen LogP contribution in [0.4, 0.5) is 4.39 Å². The summed E-state index contributed by atoms with van der Waals surface area (Å²) in [6.07, 6.45) is 0.0666. The van der Waals surface area contributed by atoms with E-state index < -0.39 is 5.97 Å². The average Bonchev–Trinajstić information content (AvgIpc) is 2.19. The molecular weight excluding hydrogens is 187 g/mol. The third-order valence-electron chi connectivity index (χ3n) is 1.72. The van der Waals surface area contributed by atoms with E-state index in [-0.39, 0.29) is 17.5 Å². The molecule has 0 heterocycles. The molecular formula is C10H9FO3. The van der Waals surface area contributed by atoms with Crippen molar-refractivity contribution in [2.75, 3.05) is 7.11 Å². The third-order valence-corrected chi connectivity index (χ3v) is 1.72. The topological polar surface area (TPSA) is 46.5 Å². The van der Waals surface area contributed by atoms with Gasteiger partial charge in [0, 0.05) is 0 Å². The van der Waals surface area contributed by atoms with Crippen molar-refractivity contribution in [3.8, 4) is 5.75 Å². The molecule has 0 atom stereocenters. The molecule has 0 aliphatic rings. The highest BCUT2D eigenvalue weighted by molar-refractivity contribution is 6.15. The molecule has 74 valence electrons. The molecule has 0 fully saturated rings. The molecule has 4 heteroatoms. The van der Waals surface area contributed by atoms with Crippen LogP contribution in [0.2, 0.25) is 0 Å². The van der Waals surface area contributed by atoms with E-state index in [1.54, 1.807) is 12.1 Å². The molecule has 1 aromatic rings. The lowest BCUT2D eigenvalue weighted by molar-refractivity contribution is -0.130. The summed E-state index contributed by atoms with van der Waals surface area (Å²) in [6.45, 7) is 0. The number of carboxylic acid groups (broad SMARTS) is 1.